The van der Waals surface area contributed by atoms with Gasteiger partial charge in [0.1, 0.15) is 10.9 Å². The Morgan fingerprint density at radius 3 is 2.54 bits per heavy atom. The smallest absolute Gasteiger partial charge is 0.288 e. The fraction of sp³-hybridized carbons (Fsp3) is 0.211. The van der Waals surface area contributed by atoms with Crippen LogP contribution in [0.2, 0.25) is 10.0 Å². The number of halogens is 2. The number of benzene rings is 2. The molecule has 1 atom stereocenters. The van der Waals surface area contributed by atoms with Crippen LogP contribution in [0.15, 0.2) is 52.6 Å². The van der Waals surface area contributed by atoms with E-state index in [9.17, 15) is 14.9 Å². The fourth-order valence-electron chi connectivity index (χ4n) is 3.39. The van der Waals surface area contributed by atoms with Crippen molar-refractivity contribution >= 4 is 51.9 Å². The highest BCUT2D eigenvalue weighted by molar-refractivity contribution is 6.41. The number of para-hydroxylation sites is 1. The molecule has 0 radical (unpaired) electrons. The third-order valence-electron chi connectivity index (χ3n) is 4.69. The second-order valence-corrected chi connectivity index (χ2v) is 7.24. The normalized spacial score (nSPS) is 19.0. The topological polar surface area (TPSA) is 88.2 Å². The third-order valence-corrected chi connectivity index (χ3v) is 5.30. The van der Waals surface area contributed by atoms with Crippen LogP contribution in [0.3, 0.4) is 0 Å². The quantitative estimate of drug-likeness (QED) is 0.542. The number of hydrogen-bond donors (Lipinski definition) is 0. The van der Waals surface area contributed by atoms with Crippen molar-refractivity contribution in [2.24, 2.45) is 16.0 Å². The number of rotatable bonds is 4. The van der Waals surface area contributed by atoms with E-state index >= 15 is 0 Å². The van der Waals surface area contributed by atoms with E-state index in [2.05, 4.69) is 10.1 Å². The molecule has 2 heterocycles. The molecule has 2 aliphatic heterocycles. The molecule has 2 aliphatic rings. The molecule has 0 fully saturated rings. The van der Waals surface area contributed by atoms with Gasteiger partial charge < -0.3 is 0 Å². The van der Waals surface area contributed by atoms with E-state index < -0.39 is 10.8 Å². The van der Waals surface area contributed by atoms with Crippen molar-refractivity contribution < 1.29 is 9.72 Å². The number of anilines is 1. The molecule has 0 saturated carbocycles. The predicted octanol–water partition coefficient (Wildman–Crippen LogP) is 4.50. The summed E-state index contributed by atoms with van der Waals surface area (Å²) in [6, 6.07) is 11.6. The molecule has 0 bridgehead atoms. The van der Waals surface area contributed by atoms with Crippen molar-refractivity contribution in [2.45, 2.75) is 12.8 Å². The lowest BCUT2D eigenvalue weighted by molar-refractivity contribution is -0.384. The first-order valence-electron chi connectivity index (χ1n) is 8.62. The van der Waals surface area contributed by atoms with Gasteiger partial charge in [-0.15, -0.1) is 0 Å². The highest BCUT2D eigenvalue weighted by Crippen LogP contribution is 2.36. The Morgan fingerprint density at radius 1 is 1.14 bits per heavy atom. The molecule has 4 rings (SSSR count). The Kier molecular flexibility index (Phi) is 4.87. The van der Waals surface area contributed by atoms with Crippen molar-refractivity contribution in [3.63, 3.8) is 0 Å². The number of aliphatic imine (C=N–C) groups is 1. The Labute approximate surface area is 170 Å². The van der Waals surface area contributed by atoms with E-state index in [1.54, 1.807) is 24.3 Å². The van der Waals surface area contributed by atoms with E-state index in [1.807, 2.05) is 6.07 Å². The first-order chi connectivity index (χ1) is 13.5. The second kappa shape index (κ2) is 7.33. The summed E-state index contributed by atoms with van der Waals surface area (Å²) in [6.45, 7) is 0.645. The molecule has 0 aromatic heterocycles. The lowest BCUT2D eigenvalue weighted by Crippen LogP contribution is -2.33. The molecule has 1 unspecified atom stereocenters. The number of nitrogens with zero attached hydrogens (tertiary/aromatic N) is 4. The van der Waals surface area contributed by atoms with Gasteiger partial charge >= 0.3 is 0 Å². The summed E-state index contributed by atoms with van der Waals surface area (Å²) in [7, 11) is 0. The fourth-order valence-corrected chi connectivity index (χ4v) is 3.94. The average Bonchev–Trinajstić information content (AvgIpc) is 3.30. The number of hydrogen-bond acceptors (Lipinski definition) is 5. The minimum Gasteiger partial charge on any atom is -0.293 e. The second-order valence-electron chi connectivity index (χ2n) is 6.42. The Morgan fingerprint density at radius 2 is 1.89 bits per heavy atom. The Hall–Kier alpha value is -2.77. The van der Waals surface area contributed by atoms with Crippen LogP contribution in [0.4, 0.5) is 11.4 Å². The highest BCUT2D eigenvalue weighted by Gasteiger charge is 2.42. The maximum atomic E-state index is 13.2. The first-order valence-corrected chi connectivity index (χ1v) is 9.37. The van der Waals surface area contributed by atoms with Gasteiger partial charge in [-0.05, 0) is 31.0 Å². The van der Waals surface area contributed by atoms with E-state index in [0.29, 0.717) is 29.9 Å². The van der Waals surface area contributed by atoms with Gasteiger partial charge in [0.25, 0.3) is 11.6 Å². The number of amides is 1. The van der Waals surface area contributed by atoms with Gasteiger partial charge in [-0.2, -0.15) is 10.1 Å². The van der Waals surface area contributed by atoms with E-state index in [0.717, 1.165) is 12.1 Å². The van der Waals surface area contributed by atoms with Gasteiger partial charge in [-0.1, -0.05) is 41.4 Å². The van der Waals surface area contributed by atoms with Crippen LogP contribution >= 0.6 is 23.2 Å². The molecule has 2 aromatic carbocycles. The SMILES string of the molecule is O=C1C(C2=NCCC2)C(c2cc([N+](=O)[O-])c(Cl)cc2Cl)=NN1c1ccccc1. The zero-order valence-electron chi connectivity index (χ0n) is 14.5. The van der Waals surface area contributed by atoms with Crippen LogP contribution in [0.5, 0.6) is 0 Å². The van der Waals surface area contributed by atoms with Crippen LogP contribution < -0.4 is 5.01 Å². The zero-order chi connectivity index (χ0) is 19.8. The summed E-state index contributed by atoms with van der Waals surface area (Å²) in [5.41, 5.74) is 1.69. The first kappa shape index (κ1) is 18.6. The molecule has 0 spiro atoms. The van der Waals surface area contributed by atoms with Crippen molar-refractivity contribution in [3.8, 4) is 0 Å². The van der Waals surface area contributed by atoms with E-state index in [1.165, 1.54) is 17.1 Å². The van der Waals surface area contributed by atoms with Crippen LogP contribution in [-0.2, 0) is 4.79 Å². The van der Waals surface area contributed by atoms with E-state index in [4.69, 9.17) is 23.2 Å². The molecule has 0 N–H and O–H groups in total. The standard InChI is InChI=1S/C19H14Cl2N4O3/c20-13-10-14(21)16(25(27)28)9-12(13)18-17(15-7-4-8-22-15)19(26)24(23-18)11-5-2-1-3-6-11/h1-3,5-6,9-10,17H,4,7-8H2. The summed E-state index contributed by atoms with van der Waals surface area (Å²) >= 11 is 12.3. The largest absolute Gasteiger partial charge is 0.293 e. The lowest BCUT2D eigenvalue weighted by Gasteiger charge is -2.15. The summed E-state index contributed by atoms with van der Waals surface area (Å²) in [4.78, 5) is 28.4. The Bertz CT molecular complexity index is 1040. The third kappa shape index (κ3) is 3.16. The van der Waals surface area contributed by atoms with Crippen molar-refractivity contribution in [1.29, 1.82) is 0 Å². The molecule has 9 heteroatoms. The average molecular weight is 417 g/mol. The van der Waals surface area contributed by atoms with Crippen LogP contribution in [0, 0.1) is 16.0 Å². The maximum absolute atomic E-state index is 13.2. The zero-order valence-corrected chi connectivity index (χ0v) is 16.0. The van der Waals surface area contributed by atoms with Crippen LogP contribution in [0.1, 0.15) is 18.4 Å². The van der Waals surface area contributed by atoms with Crippen molar-refractivity contribution in [2.75, 3.05) is 11.6 Å². The molecule has 28 heavy (non-hydrogen) atoms. The van der Waals surface area contributed by atoms with Gasteiger partial charge in [0.15, 0.2) is 0 Å². The van der Waals surface area contributed by atoms with Gasteiger partial charge in [0.2, 0.25) is 0 Å². The molecule has 7 nitrogen and oxygen atoms in total. The number of nitro groups is 1. The molecule has 2 aromatic rings. The van der Waals surface area contributed by atoms with Crippen LogP contribution in [0.25, 0.3) is 0 Å². The van der Waals surface area contributed by atoms with Gasteiger partial charge in [0, 0.05) is 23.9 Å². The number of nitro benzene ring substituents is 1. The molecule has 0 aliphatic carbocycles. The summed E-state index contributed by atoms with van der Waals surface area (Å²) in [6.07, 6.45) is 1.53. The molecular weight excluding hydrogens is 403 g/mol. The minimum absolute atomic E-state index is 0.0710. The van der Waals surface area contributed by atoms with E-state index in [-0.39, 0.29) is 21.6 Å². The monoisotopic (exact) mass is 416 g/mol. The maximum Gasteiger partial charge on any atom is 0.288 e. The molecule has 1 amide bonds. The van der Waals surface area contributed by atoms with Crippen molar-refractivity contribution in [3.05, 3.63) is 68.2 Å². The summed E-state index contributed by atoms with van der Waals surface area (Å²) in [5.74, 6) is -0.975. The predicted molar refractivity (Wildman–Crippen MR) is 109 cm³/mol. The van der Waals surface area contributed by atoms with Gasteiger partial charge in [-0.25, -0.2) is 0 Å². The van der Waals surface area contributed by atoms with Gasteiger partial charge in [0.05, 0.1) is 21.3 Å². The number of hydrazone groups is 1. The van der Waals surface area contributed by atoms with Gasteiger partial charge in [-0.3, -0.25) is 19.9 Å². The molecular formula is C19H14Cl2N4O3. The minimum atomic E-state index is -0.721. The number of carbonyl (C=O) groups is 1. The molecule has 0 saturated heterocycles. The summed E-state index contributed by atoms with van der Waals surface area (Å²) in [5, 5.41) is 17.2. The van der Waals surface area contributed by atoms with Crippen molar-refractivity contribution in [1.82, 2.24) is 0 Å². The Balaban J connectivity index is 1.87. The highest BCUT2D eigenvalue weighted by atomic mass is 35.5. The van der Waals surface area contributed by atoms with Crippen LogP contribution in [-0.4, -0.2) is 28.8 Å². The number of carbonyl (C=O) groups excluding carboxylic acids is 1. The lowest BCUT2D eigenvalue weighted by atomic mass is 9.90. The summed E-state index contributed by atoms with van der Waals surface area (Å²) < 4.78 is 0. The molecule has 142 valence electrons.